The van der Waals surface area contributed by atoms with E-state index in [9.17, 15) is 27.9 Å². The minimum atomic E-state index is -4.75. The Morgan fingerprint density at radius 3 is 2.62 bits per heavy atom. The van der Waals surface area contributed by atoms with Crippen LogP contribution in [0.4, 0.5) is 18.9 Å². The van der Waals surface area contributed by atoms with Gasteiger partial charge in [0.2, 0.25) is 0 Å². The van der Waals surface area contributed by atoms with Gasteiger partial charge in [0.05, 0.1) is 28.2 Å². The Morgan fingerprint density at radius 2 is 1.92 bits per heavy atom. The van der Waals surface area contributed by atoms with Gasteiger partial charge < -0.3 is 14.8 Å². The molecule has 1 unspecified atom stereocenters. The number of hydrogen-bond donors (Lipinski definition) is 2. The first-order chi connectivity index (χ1) is 18.3. The van der Waals surface area contributed by atoms with Gasteiger partial charge >= 0.3 is 12.1 Å². The Labute approximate surface area is 223 Å². The Balaban J connectivity index is 1.71. The number of benzene rings is 2. The Hall–Kier alpha value is -4.38. The maximum atomic E-state index is 13.8. The molecule has 0 radical (unpaired) electrons. The lowest BCUT2D eigenvalue weighted by Gasteiger charge is -2.20. The van der Waals surface area contributed by atoms with E-state index in [1.165, 1.54) is 19.1 Å². The van der Waals surface area contributed by atoms with Gasteiger partial charge in [-0.3, -0.25) is 9.48 Å². The molecule has 39 heavy (non-hydrogen) atoms. The fourth-order valence-electron chi connectivity index (χ4n) is 4.51. The molecular weight excluding hydrogens is 537 g/mol. The lowest BCUT2D eigenvalue weighted by molar-refractivity contribution is -0.137. The van der Waals surface area contributed by atoms with Crippen molar-refractivity contribution in [3.63, 3.8) is 0 Å². The summed E-state index contributed by atoms with van der Waals surface area (Å²) >= 11 is 5.82. The number of anilines is 1. The SMILES string of the molecule is Cc1cc(-c2cc(=O)c3cc(C(F)(F)F)cc(C(C)Nc4ccc(Cl)nc4C(=O)O)c3o2)cc2cn(C)nc12. The lowest BCUT2D eigenvalue weighted by atomic mass is 9.99. The number of pyridine rings is 1. The second-order valence-electron chi connectivity index (χ2n) is 9.15. The molecule has 0 aliphatic rings. The number of rotatable bonds is 5. The van der Waals surface area contributed by atoms with Crippen LogP contribution in [0, 0.1) is 6.92 Å². The van der Waals surface area contributed by atoms with Gasteiger partial charge in [0, 0.05) is 35.8 Å². The van der Waals surface area contributed by atoms with Crippen molar-refractivity contribution >= 4 is 45.1 Å². The standard InChI is InChI=1S/C27H20ClF3N4O4/c1-12-6-14(7-15-11-35(3)34-23(12)15)21-10-20(36)18-9-16(27(29,30)31)8-17(25(18)39-21)13(2)32-19-4-5-22(28)33-24(19)26(37)38/h4-11,13,32H,1-3H3,(H,37,38). The minimum absolute atomic E-state index is 0.00393. The van der Waals surface area contributed by atoms with Gasteiger partial charge in [0.1, 0.15) is 16.5 Å². The normalized spacial score (nSPS) is 12.7. The van der Waals surface area contributed by atoms with Gasteiger partial charge in [-0.15, -0.1) is 0 Å². The molecule has 3 aromatic heterocycles. The molecular formula is C27H20ClF3N4O4. The number of aryl methyl sites for hydroxylation is 2. The Bertz CT molecular complexity index is 1850. The molecule has 3 heterocycles. The largest absolute Gasteiger partial charge is 0.476 e. The number of fused-ring (bicyclic) bond motifs is 2. The highest BCUT2D eigenvalue weighted by Gasteiger charge is 2.33. The summed E-state index contributed by atoms with van der Waals surface area (Å²) < 4.78 is 49.2. The summed E-state index contributed by atoms with van der Waals surface area (Å²) in [5, 5.41) is 17.3. The number of carbonyl (C=O) groups is 1. The van der Waals surface area contributed by atoms with E-state index in [1.807, 2.05) is 6.92 Å². The third-order valence-corrected chi connectivity index (χ3v) is 6.50. The van der Waals surface area contributed by atoms with Crippen LogP contribution in [0.5, 0.6) is 0 Å². The van der Waals surface area contributed by atoms with Crippen LogP contribution in [0.25, 0.3) is 33.2 Å². The first kappa shape index (κ1) is 26.2. The van der Waals surface area contributed by atoms with Crippen LogP contribution in [0.1, 0.15) is 40.1 Å². The monoisotopic (exact) mass is 556 g/mol. The third kappa shape index (κ3) is 4.92. The van der Waals surface area contributed by atoms with Crippen molar-refractivity contribution in [1.82, 2.24) is 14.8 Å². The maximum absolute atomic E-state index is 13.8. The van der Waals surface area contributed by atoms with Crippen LogP contribution in [-0.2, 0) is 13.2 Å². The molecule has 0 amide bonds. The predicted octanol–water partition coefficient (Wildman–Crippen LogP) is 6.59. The van der Waals surface area contributed by atoms with Gasteiger partial charge in [0.25, 0.3) is 0 Å². The van der Waals surface area contributed by atoms with Gasteiger partial charge in [-0.25, -0.2) is 9.78 Å². The first-order valence-corrected chi connectivity index (χ1v) is 12.0. The van der Waals surface area contributed by atoms with Gasteiger partial charge in [0.15, 0.2) is 11.1 Å². The highest BCUT2D eigenvalue weighted by atomic mass is 35.5. The Kier molecular flexibility index (Phi) is 6.34. The van der Waals surface area contributed by atoms with Crippen LogP contribution in [-0.4, -0.2) is 25.8 Å². The maximum Gasteiger partial charge on any atom is 0.416 e. The Morgan fingerprint density at radius 1 is 1.18 bits per heavy atom. The van der Waals surface area contributed by atoms with Gasteiger partial charge in [-0.05, 0) is 55.8 Å². The average Bonchev–Trinajstić information content (AvgIpc) is 3.24. The van der Waals surface area contributed by atoms with Crippen molar-refractivity contribution in [3.05, 3.63) is 86.4 Å². The molecule has 0 saturated carbocycles. The van der Waals surface area contributed by atoms with E-state index in [-0.39, 0.29) is 33.1 Å². The highest BCUT2D eigenvalue weighted by Crippen LogP contribution is 2.37. The minimum Gasteiger partial charge on any atom is -0.476 e. The fraction of sp³-hybridized carbons (Fsp3) is 0.185. The summed E-state index contributed by atoms with van der Waals surface area (Å²) in [6.45, 7) is 3.37. The number of carboxylic acids is 1. The smallest absolute Gasteiger partial charge is 0.416 e. The van der Waals surface area contributed by atoms with E-state index in [1.54, 1.807) is 30.1 Å². The summed E-state index contributed by atoms with van der Waals surface area (Å²) in [6.07, 6.45) is -2.94. The molecule has 1 atom stereocenters. The summed E-state index contributed by atoms with van der Waals surface area (Å²) in [5.74, 6) is -1.22. The first-order valence-electron chi connectivity index (χ1n) is 11.6. The quantitative estimate of drug-likeness (QED) is 0.235. The summed E-state index contributed by atoms with van der Waals surface area (Å²) in [7, 11) is 1.78. The number of hydrogen-bond acceptors (Lipinski definition) is 6. The van der Waals surface area contributed by atoms with E-state index in [0.29, 0.717) is 5.56 Å². The van der Waals surface area contributed by atoms with Crippen molar-refractivity contribution in [3.8, 4) is 11.3 Å². The second-order valence-corrected chi connectivity index (χ2v) is 9.54. The van der Waals surface area contributed by atoms with Crippen LogP contribution >= 0.6 is 11.6 Å². The van der Waals surface area contributed by atoms with E-state index >= 15 is 0 Å². The van der Waals surface area contributed by atoms with Gasteiger partial charge in [-0.2, -0.15) is 18.3 Å². The summed E-state index contributed by atoms with van der Waals surface area (Å²) in [4.78, 5) is 28.6. The molecule has 0 aliphatic carbocycles. The number of nitrogens with zero attached hydrogens (tertiary/aromatic N) is 3. The van der Waals surface area contributed by atoms with Crippen molar-refractivity contribution in [2.45, 2.75) is 26.1 Å². The van der Waals surface area contributed by atoms with Crippen LogP contribution in [0.3, 0.4) is 0 Å². The number of alkyl halides is 3. The van der Waals surface area contributed by atoms with E-state index in [0.717, 1.165) is 34.7 Å². The molecule has 0 aliphatic heterocycles. The van der Waals surface area contributed by atoms with E-state index < -0.39 is 34.9 Å². The molecule has 5 rings (SSSR count). The molecule has 0 spiro atoms. The van der Waals surface area contributed by atoms with Crippen molar-refractivity contribution in [2.75, 3.05) is 5.32 Å². The zero-order valence-corrected chi connectivity index (χ0v) is 21.5. The molecule has 200 valence electrons. The fourth-order valence-corrected chi connectivity index (χ4v) is 4.66. The van der Waals surface area contributed by atoms with Crippen LogP contribution < -0.4 is 10.7 Å². The number of carboxylic acid groups (broad SMARTS) is 1. The molecule has 12 heteroatoms. The topological polar surface area (TPSA) is 110 Å². The van der Waals surface area contributed by atoms with Gasteiger partial charge in [-0.1, -0.05) is 11.6 Å². The molecule has 0 fully saturated rings. The number of halogens is 4. The van der Waals surface area contributed by atoms with Crippen LogP contribution in [0.15, 0.2) is 57.9 Å². The molecule has 0 bridgehead atoms. The van der Waals surface area contributed by atoms with Crippen molar-refractivity contribution < 1.29 is 27.5 Å². The number of nitrogens with one attached hydrogen (secondary N) is 1. The van der Waals surface area contributed by atoms with Crippen molar-refractivity contribution in [1.29, 1.82) is 0 Å². The second kappa shape index (κ2) is 9.42. The molecule has 2 N–H and O–H groups in total. The number of aromatic nitrogens is 3. The average molecular weight is 557 g/mol. The van der Waals surface area contributed by atoms with E-state index in [4.69, 9.17) is 16.0 Å². The molecule has 8 nitrogen and oxygen atoms in total. The number of aromatic carboxylic acids is 1. The molecule has 0 saturated heterocycles. The summed E-state index contributed by atoms with van der Waals surface area (Å²) in [6, 6.07) is 8.13. The predicted molar refractivity (Wildman–Crippen MR) is 140 cm³/mol. The zero-order chi connectivity index (χ0) is 28.2. The van der Waals surface area contributed by atoms with Crippen molar-refractivity contribution in [2.24, 2.45) is 7.05 Å². The van der Waals surface area contributed by atoms with E-state index in [2.05, 4.69) is 15.4 Å². The highest BCUT2D eigenvalue weighted by molar-refractivity contribution is 6.29. The third-order valence-electron chi connectivity index (χ3n) is 6.29. The van der Waals surface area contributed by atoms with Crippen LogP contribution in [0.2, 0.25) is 5.15 Å². The molecule has 2 aromatic carbocycles. The zero-order valence-electron chi connectivity index (χ0n) is 20.7. The lowest BCUT2D eigenvalue weighted by Crippen LogP contribution is -2.15. The summed E-state index contributed by atoms with van der Waals surface area (Å²) in [5.41, 5.74) is 0.00163. The molecule has 5 aromatic rings.